The minimum atomic E-state index is 0.0363. The fraction of sp³-hybridized carbons (Fsp3) is 0.200. The van der Waals surface area contributed by atoms with E-state index in [2.05, 4.69) is 31.9 Å². The molecule has 1 unspecified atom stereocenters. The monoisotopic (exact) mass is 402 g/mol. The Morgan fingerprint density at radius 2 is 1.84 bits per heavy atom. The third-order valence-electron chi connectivity index (χ3n) is 3.05. The van der Waals surface area contributed by atoms with Gasteiger partial charge in [0.05, 0.1) is 6.61 Å². The highest BCUT2D eigenvalue weighted by atomic mass is 79.9. The Labute approximate surface area is 134 Å². The van der Waals surface area contributed by atoms with E-state index < -0.39 is 0 Å². The average Bonchev–Trinajstić information content (AvgIpc) is 2.39. The van der Waals surface area contributed by atoms with Gasteiger partial charge in [0, 0.05) is 19.9 Å². The fourth-order valence-electron chi connectivity index (χ4n) is 2.03. The van der Waals surface area contributed by atoms with E-state index in [0.29, 0.717) is 6.42 Å². The zero-order valence-corrected chi connectivity index (χ0v) is 14.0. The van der Waals surface area contributed by atoms with Crippen molar-refractivity contribution in [3.05, 3.63) is 67.6 Å². The minimum absolute atomic E-state index is 0.0363. The highest BCUT2D eigenvalue weighted by molar-refractivity contribution is 9.10. The van der Waals surface area contributed by atoms with Crippen molar-refractivity contribution in [1.29, 1.82) is 0 Å². The molecule has 4 heteroatoms. The van der Waals surface area contributed by atoms with E-state index in [1.165, 1.54) is 0 Å². The first-order chi connectivity index (χ1) is 9.11. The van der Waals surface area contributed by atoms with E-state index in [4.69, 9.17) is 11.6 Å². The molecule has 0 fully saturated rings. The van der Waals surface area contributed by atoms with Crippen LogP contribution in [0.1, 0.15) is 17.0 Å². The number of aliphatic hydroxyl groups is 1. The lowest BCUT2D eigenvalue weighted by molar-refractivity contribution is 0.264. The van der Waals surface area contributed by atoms with E-state index >= 15 is 0 Å². The SMILES string of the molecule is OCC(Cc1ccc(Br)cc1Cl)c1ccccc1Br. The van der Waals surface area contributed by atoms with E-state index in [9.17, 15) is 5.11 Å². The first kappa shape index (κ1) is 15.0. The molecule has 100 valence electrons. The van der Waals surface area contributed by atoms with E-state index in [1.54, 1.807) is 0 Å². The molecule has 2 aromatic rings. The van der Waals surface area contributed by atoms with Crippen LogP contribution in [0.5, 0.6) is 0 Å². The van der Waals surface area contributed by atoms with Crippen molar-refractivity contribution in [2.75, 3.05) is 6.61 Å². The number of hydrogen-bond acceptors (Lipinski definition) is 1. The summed E-state index contributed by atoms with van der Waals surface area (Å²) in [7, 11) is 0. The van der Waals surface area contributed by atoms with Gasteiger partial charge in [-0.15, -0.1) is 0 Å². The van der Waals surface area contributed by atoms with Gasteiger partial charge in [0.25, 0.3) is 0 Å². The molecule has 0 aliphatic rings. The van der Waals surface area contributed by atoms with Crippen LogP contribution in [-0.4, -0.2) is 11.7 Å². The van der Waals surface area contributed by atoms with Crippen molar-refractivity contribution in [3.63, 3.8) is 0 Å². The quantitative estimate of drug-likeness (QED) is 0.744. The number of hydrogen-bond donors (Lipinski definition) is 1. The predicted molar refractivity (Wildman–Crippen MR) is 86.8 cm³/mol. The third-order valence-corrected chi connectivity index (χ3v) is 4.61. The average molecular weight is 405 g/mol. The molecule has 0 heterocycles. The van der Waals surface area contributed by atoms with Crippen molar-refractivity contribution in [2.45, 2.75) is 12.3 Å². The van der Waals surface area contributed by atoms with Crippen molar-refractivity contribution < 1.29 is 5.11 Å². The van der Waals surface area contributed by atoms with Gasteiger partial charge in [0.1, 0.15) is 0 Å². The smallest absolute Gasteiger partial charge is 0.0503 e. The molecule has 0 saturated heterocycles. The van der Waals surface area contributed by atoms with Crippen LogP contribution in [0.3, 0.4) is 0 Å². The Hall–Kier alpha value is -0.350. The summed E-state index contributed by atoms with van der Waals surface area (Å²) in [4.78, 5) is 0. The van der Waals surface area contributed by atoms with Gasteiger partial charge >= 0.3 is 0 Å². The Balaban J connectivity index is 2.27. The van der Waals surface area contributed by atoms with E-state index in [0.717, 1.165) is 25.1 Å². The molecular weight excluding hydrogens is 391 g/mol. The molecule has 0 aromatic heterocycles. The molecular formula is C15H13Br2ClO. The fourth-order valence-corrected chi connectivity index (χ4v) is 3.39. The van der Waals surface area contributed by atoms with E-state index in [1.807, 2.05) is 42.5 Å². The molecule has 0 saturated carbocycles. The van der Waals surface area contributed by atoms with Gasteiger partial charge in [0.15, 0.2) is 0 Å². The maximum Gasteiger partial charge on any atom is 0.0503 e. The maximum absolute atomic E-state index is 9.64. The molecule has 0 bridgehead atoms. The first-order valence-electron chi connectivity index (χ1n) is 5.91. The van der Waals surface area contributed by atoms with Crippen LogP contribution in [0.4, 0.5) is 0 Å². The Morgan fingerprint density at radius 3 is 2.47 bits per heavy atom. The Morgan fingerprint density at radius 1 is 1.11 bits per heavy atom. The summed E-state index contributed by atoms with van der Waals surface area (Å²) in [5, 5.41) is 10.4. The van der Waals surface area contributed by atoms with Crippen molar-refractivity contribution in [1.82, 2.24) is 0 Å². The second-order valence-electron chi connectivity index (χ2n) is 4.34. The van der Waals surface area contributed by atoms with Crippen molar-refractivity contribution >= 4 is 43.5 Å². The van der Waals surface area contributed by atoms with Gasteiger partial charge in [-0.25, -0.2) is 0 Å². The molecule has 1 N–H and O–H groups in total. The molecule has 0 radical (unpaired) electrons. The van der Waals surface area contributed by atoms with Crippen LogP contribution in [0.15, 0.2) is 51.4 Å². The molecule has 19 heavy (non-hydrogen) atoms. The Bertz CT molecular complexity index is 572. The highest BCUT2D eigenvalue weighted by Crippen LogP contribution is 2.30. The topological polar surface area (TPSA) is 20.2 Å². The lowest BCUT2D eigenvalue weighted by Crippen LogP contribution is -2.08. The molecule has 0 amide bonds. The zero-order valence-electron chi connectivity index (χ0n) is 10.1. The van der Waals surface area contributed by atoms with Crippen LogP contribution in [0.25, 0.3) is 0 Å². The van der Waals surface area contributed by atoms with Gasteiger partial charge in [-0.1, -0.05) is 67.7 Å². The predicted octanol–water partition coefficient (Wildman–Crippen LogP) is 5.18. The van der Waals surface area contributed by atoms with Crippen molar-refractivity contribution in [3.8, 4) is 0 Å². The number of aliphatic hydroxyl groups excluding tert-OH is 1. The molecule has 0 aliphatic heterocycles. The summed E-state index contributed by atoms with van der Waals surface area (Å²) >= 11 is 13.2. The lowest BCUT2D eigenvalue weighted by atomic mass is 9.93. The summed E-state index contributed by atoms with van der Waals surface area (Å²) in [6, 6.07) is 13.8. The normalized spacial score (nSPS) is 12.4. The van der Waals surface area contributed by atoms with Gasteiger partial charge in [0.2, 0.25) is 0 Å². The van der Waals surface area contributed by atoms with Gasteiger partial charge < -0.3 is 5.11 Å². The highest BCUT2D eigenvalue weighted by Gasteiger charge is 2.15. The summed E-state index contributed by atoms with van der Waals surface area (Å²) in [6.45, 7) is 0.0923. The van der Waals surface area contributed by atoms with E-state index in [-0.39, 0.29) is 12.5 Å². The molecule has 1 atom stereocenters. The minimum Gasteiger partial charge on any atom is -0.396 e. The summed E-state index contributed by atoms with van der Waals surface area (Å²) in [5.74, 6) is 0.0363. The van der Waals surface area contributed by atoms with Crippen LogP contribution in [-0.2, 0) is 6.42 Å². The van der Waals surface area contributed by atoms with Gasteiger partial charge in [-0.05, 0) is 35.7 Å². The molecule has 2 aromatic carbocycles. The maximum atomic E-state index is 9.64. The molecule has 0 aliphatic carbocycles. The second kappa shape index (κ2) is 6.89. The summed E-state index contributed by atoms with van der Waals surface area (Å²) in [6.07, 6.45) is 0.714. The summed E-state index contributed by atoms with van der Waals surface area (Å²) in [5.41, 5.74) is 2.14. The second-order valence-corrected chi connectivity index (χ2v) is 6.52. The third kappa shape index (κ3) is 3.82. The largest absolute Gasteiger partial charge is 0.396 e. The standard InChI is InChI=1S/C15H13Br2ClO/c16-12-6-5-10(15(18)8-12)7-11(9-19)13-3-1-2-4-14(13)17/h1-6,8,11,19H,7,9H2. The van der Waals surface area contributed by atoms with Crippen LogP contribution in [0, 0.1) is 0 Å². The number of halogens is 3. The zero-order chi connectivity index (χ0) is 13.8. The van der Waals surface area contributed by atoms with Crippen LogP contribution in [0.2, 0.25) is 5.02 Å². The van der Waals surface area contributed by atoms with Crippen LogP contribution >= 0.6 is 43.5 Å². The Kier molecular flexibility index (Phi) is 5.46. The van der Waals surface area contributed by atoms with Crippen LogP contribution < -0.4 is 0 Å². The lowest BCUT2D eigenvalue weighted by Gasteiger charge is -2.17. The van der Waals surface area contributed by atoms with Gasteiger partial charge in [-0.3, -0.25) is 0 Å². The molecule has 1 nitrogen and oxygen atoms in total. The number of rotatable bonds is 4. The summed E-state index contributed by atoms with van der Waals surface area (Å²) < 4.78 is 1.98. The first-order valence-corrected chi connectivity index (χ1v) is 7.87. The number of benzene rings is 2. The van der Waals surface area contributed by atoms with Crippen molar-refractivity contribution in [2.24, 2.45) is 0 Å². The molecule has 0 spiro atoms. The van der Waals surface area contributed by atoms with Gasteiger partial charge in [-0.2, -0.15) is 0 Å². The molecule has 2 rings (SSSR count).